The third-order valence-corrected chi connectivity index (χ3v) is 4.16. The van der Waals surface area contributed by atoms with Crippen LogP contribution >= 0.6 is 11.3 Å². The molecule has 0 saturated heterocycles. The van der Waals surface area contributed by atoms with Crippen molar-refractivity contribution in [2.45, 2.75) is 6.92 Å². The summed E-state index contributed by atoms with van der Waals surface area (Å²) >= 11 is 1.63. The molecule has 100 valence electrons. The zero-order valence-electron chi connectivity index (χ0n) is 11.0. The fraction of sp³-hybridized carbons (Fsp3) is 0.125. The van der Waals surface area contributed by atoms with Gasteiger partial charge in [-0.05, 0) is 36.8 Å². The Morgan fingerprint density at radius 1 is 1.15 bits per heavy atom. The van der Waals surface area contributed by atoms with E-state index >= 15 is 0 Å². The molecule has 0 unspecified atom stereocenters. The molecule has 20 heavy (non-hydrogen) atoms. The summed E-state index contributed by atoms with van der Waals surface area (Å²) in [5.41, 5.74) is 0.937. The van der Waals surface area contributed by atoms with Crippen LogP contribution in [0, 0.1) is 0 Å². The number of nitrogens with zero attached hydrogens (tertiary/aromatic N) is 1. The molecular weight excluding hydrogens is 270 g/mol. The van der Waals surface area contributed by atoms with Crippen LogP contribution in [0.3, 0.4) is 0 Å². The molecule has 0 bridgehead atoms. The van der Waals surface area contributed by atoms with Crippen molar-refractivity contribution in [1.29, 1.82) is 0 Å². The van der Waals surface area contributed by atoms with Gasteiger partial charge in [-0.3, -0.25) is 4.79 Å². The number of fused-ring (bicyclic) bond motifs is 2. The number of hydrogen-bond acceptors (Lipinski definition) is 4. The van der Waals surface area contributed by atoms with Crippen LogP contribution in [0.5, 0.6) is 0 Å². The van der Waals surface area contributed by atoms with Crippen LogP contribution in [0.2, 0.25) is 0 Å². The van der Waals surface area contributed by atoms with Crippen molar-refractivity contribution in [1.82, 2.24) is 0 Å². The first-order valence-electron chi connectivity index (χ1n) is 6.40. The molecule has 0 aliphatic heterocycles. The zero-order chi connectivity index (χ0) is 13.9. The molecule has 0 amide bonds. The Kier molecular flexibility index (Phi) is 3.48. The Labute approximate surface area is 120 Å². The third kappa shape index (κ3) is 2.30. The molecule has 0 aliphatic rings. The molecule has 0 saturated carbocycles. The lowest BCUT2D eigenvalue weighted by molar-refractivity contribution is 0.160. The molecule has 0 spiro atoms. The first-order valence-corrected chi connectivity index (χ1v) is 7.22. The number of benzene rings is 2. The van der Waals surface area contributed by atoms with Gasteiger partial charge in [0.25, 0.3) is 0 Å². The summed E-state index contributed by atoms with van der Waals surface area (Å²) in [4.78, 5) is 17.4. The van der Waals surface area contributed by atoms with Gasteiger partial charge in [0.1, 0.15) is 6.61 Å². The lowest BCUT2D eigenvalue weighted by Crippen LogP contribution is -2.01. The van der Waals surface area contributed by atoms with Gasteiger partial charge in [0.15, 0.2) is 5.43 Å². The Hall–Kier alpha value is -2.20. The molecule has 1 aromatic heterocycles. The molecule has 0 radical (unpaired) electrons. The van der Waals surface area contributed by atoms with Gasteiger partial charge >= 0.3 is 0 Å². The highest BCUT2D eigenvalue weighted by Crippen LogP contribution is 2.24. The lowest BCUT2D eigenvalue weighted by atomic mass is 10.1. The number of oxime groups is 1. The van der Waals surface area contributed by atoms with Crippen LogP contribution in [0.15, 0.2) is 52.4 Å². The van der Waals surface area contributed by atoms with Crippen LogP contribution in [-0.2, 0) is 4.84 Å². The predicted molar refractivity (Wildman–Crippen MR) is 84.8 cm³/mol. The normalized spacial score (nSPS) is 11.4. The smallest absolute Gasteiger partial charge is 0.195 e. The van der Waals surface area contributed by atoms with E-state index in [0.29, 0.717) is 6.61 Å². The van der Waals surface area contributed by atoms with Crippen molar-refractivity contribution in [3.8, 4) is 0 Å². The summed E-state index contributed by atoms with van der Waals surface area (Å²) in [6.45, 7) is 2.41. The van der Waals surface area contributed by atoms with Gasteiger partial charge in [-0.15, -0.1) is 11.3 Å². The lowest BCUT2D eigenvalue weighted by Gasteiger charge is -2.01. The minimum atomic E-state index is 0.0704. The van der Waals surface area contributed by atoms with Crippen LogP contribution < -0.4 is 5.43 Å². The van der Waals surface area contributed by atoms with Crippen LogP contribution in [0.25, 0.3) is 20.2 Å². The molecule has 4 heteroatoms. The fourth-order valence-corrected chi connectivity index (χ4v) is 3.13. The Morgan fingerprint density at radius 3 is 2.80 bits per heavy atom. The summed E-state index contributed by atoms with van der Waals surface area (Å²) < 4.78 is 2.00. The molecule has 1 heterocycles. The van der Waals surface area contributed by atoms with Gasteiger partial charge in [0.05, 0.1) is 6.21 Å². The first kappa shape index (κ1) is 12.8. The van der Waals surface area contributed by atoms with Gasteiger partial charge in [0.2, 0.25) is 0 Å². The second-order valence-corrected chi connectivity index (χ2v) is 5.42. The quantitative estimate of drug-likeness (QED) is 0.417. The topological polar surface area (TPSA) is 38.7 Å². The van der Waals surface area contributed by atoms with Crippen LogP contribution in [-0.4, -0.2) is 12.8 Å². The molecule has 0 atom stereocenters. The highest BCUT2D eigenvalue weighted by molar-refractivity contribution is 7.24. The summed E-state index contributed by atoms with van der Waals surface area (Å²) in [5, 5.41) is 5.33. The second-order valence-electron chi connectivity index (χ2n) is 4.34. The van der Waals surface area contributed by atoms with Crippen molar-refractivity contribution < 1.29 is 4.84 Å². The highest BCUT2D eigenvalue weighted by Gasteiger charge is 2.05. The largest absolute Gasteiger partial charge is 0.396 e. The standard InChI is InChI=1S/C16H13NO2S/c1-2-19-17-10-11-7-8-15-13(9-11)16(18)12-5-3-4-6-14(12)20-15/h3-10H,2H2,1H3. The maximum absolute atomic E-state index is 12.5. The third-order valence-electron chi connectivity index (χ3n) is 3.01. The van der Waals surface area contributed by atoms with E-state index in [4.69, 9.17) is 4.84 Å². The minimum Gasteiger partial charge on any atom is -0.396 e. The van der Waals surface area contributed by atoms with Crippen molar-refractivity contribution in [3.05, 3.63) is 58.3 Å². The predicted octanol–water partition coefficient (Wildman–Crippen LogP) is 3.79. The summed E-state index contributed by atoms with van der Waals surface area (Å²) in [5.74, 6) is 0. The van der Waals surface area contributed by atoms with Crippen LogP contribution in [0.4, 0.5) is 0 Å². The van der Waals surface area contributed by atoms with Crippen molar-refractivity contribution >= 4 is 37.7 Å². The summed E-state index contributed by atoms with van der Waals surface area (Å²) in [7, 11) is 0. The number of hydrogen-bond donors (Lipinski definition) is 0. The fourth-order valence-electron chi connectivity index (χ4n) is 2.07. The molecule has 2 aromatic carbocycles. The molecule has 3 rings (SSSR count). The van der Waals surface area contributed by atoms with E-state index in [0.717, 1.165) is 25.7 Å². The molecule has 0 fully saturated rings. The first-order chi connectivity index (χ1) is 9.79. The van der Waals surface area contributed by atoms with Gasteiger partial charge in [-0.2, -0.15) is 0 Å². The van der Waals surface area contributed by atoms with E-state index in [2.05, 4.69) is 5.16 Å². The molecule has 0 N–H and O–H groups in total. The minimum absolute atomic E-state index is 0.0704. The average molecular weight is 283 g/mol. The van der Waals surface area contributed by atoms with Crippen LogP contribution in [0.1, 0.15) is 12.5 Å². The highest BCUT2D eigenvalue weighted by atomic mass is 32.1. The summed E-state index contributed by atoms with van der Waals surface area (Å²) in [6, 6.07) is 13.5. The van der Waals surface area contributed by atoms with Gasteiger partial charge < -0.3 is 4.84 Å². The monoisotopic (exact) mass is 283 g/mol. The van der Waals surface area contributed by atoms with Gasteiger partial charge in [0, 0.05) is 20.2 Å². The van der Waals surface area contributed by atoms with Crippen molar-refractivity contribution in [2.24, 2.45) is 5.16 Å². The number of rotatable bonds is 3. The maximum atomic E-state index is 12.5. The maximum Gasteiger partial charge on any atom is 0.195 e. The van der Waals surface area contributed by atoms with E-state index in [1.165, 1.54) is 0 Å². The molecular formula is C16H13NO2S. The Bertz CT molecular complexity index is 852. The second kappa shape index (κ2) is 5.43. The SMILES string of the molecule is CCON=Cc1ccc2sc3ccccc3c(=O)c2c1. The van der Waals surface area contributed by atoms with Gasteiger partial charge in [-0.1, -0.05) is 23.4 Å². The van der Waals surface area contributed by atoms with Crippen molar-refractivity contribution in [2.75, 3.05) is 6.61 Å². The molecule has 3 aromatic rings. The van der Waals surface area contributed by atoms with E-state index < -0.39 is 0 Å². The Morgan fingerprint density at radius 2 is 1.95 bits per heavy atom. The van der Waals surface area contributed by atoms with Gasteiger partial charge in [-0.25, -0.2) is 0 Å². The zero-order valence-corrected chi connectivity index (χ0v) is 11.8. The van der Waals surface area contributed by atoms with E-state index in [1.807, 2.05) is 49.4 Å². The Balaban J connectivity index is 2.21. The molecule has 3 nitrogen and oxygen atoms in total. The molecule has 0 aliphatic carbocycles. The van der Waals surface area contributed by atoms with E-state index in [9.17, 15) is 4.79 Å². The average Bonchev–Trinajstić information content (AvgIpc) is 2.48. The summed E-state index contributed by atoms with van der Waals surface area (Å²) in [6.07, 6.45) is 1.63. The van der Waals surface area contributed by atoms with Crippen molar-refractivity contribution in [3.63, 3.8) is 0 Å². The van der Waals surface area contributed by atoms with E-state index in [1.54, 1.807) is 17.6 Å². The van der Waals surface area contributed by atoms with E-state index in [-0.39, 0.29) is 5.43 Å².